The molecule has 2 rings (SSSR count). The summed E-state index contributed by atoms with van der Waals surface area (Å²) in [7, 11) is 0. The van der Waals surface area contributed by atoms with Crippen LogP contribution >= 0.6 is 15.9 Å². The Morgan fingerprint density at radius 2 is 2.44 bits per heavy atom. The Morgan fingerprint density at radius 1 is 1.50 bits per heavy atom. The van der Waals surface area contributed by atoms with E-state index in [4.69, 9.17) is 4.74 Å². The van der Waals surface area contributed by atoms with Crippen molar-refractivity contribution in [3.05, 3.63) is 34.3 Å². The van der Waals surface area contributed by atoms with Crippen LogP contribution in [0.4, 0.5) is 0 Å². The largest absolute Gasteiger partial charge is 0.374 e. The highest BCUT2D eigenvalue weighted by molar-refractivity contribution is 9.10. The minimum atomic E-state index is 0.306. The lowest BCUT2D eigenvalue weighted by Gasteiger charge is -2.23. The lowest BCUT2D eigenvalue weighted by atomic mass is 10.2. The van der Waals surface area contributed by atoms with Crippen LogP contribution in [0.3, 0.4) is 0 Å². The third kappa shape index (κ3) is 3.87. The Bertz CT molecular complexity index is 327. The summed E-state index contributed by atoms with van der Waals surface area (Å²) in [6.07, 6.45) is 0.306. The van der Waals surface area contributed by atoms with E-state index in [1.165, 1.54) is 5.56 Å². The zero-order valence-corrected chi connectivity index (χ0v) is 10.8. The molecular formula is C12H17BrN2O. The molecule has 1 aliphatic rings. The highest BCUT2D eigenvalue weighted by atomic mass is 79.9. The summed E-state index contributed by atoms with van der Waals surface area (Å²) < 4.78 is 6.73. The summed E-state index contributed by atoms with van der Waals surface area (Å²) >= 11 is 3.47. The molecule has 0 aliphatic carbocycles. The fourth-order valence-corrected chi connectivity index (χ4v) is 2.22. The van der Waals surface area contributed by atoms with Gasteiger partial charge in [0.1, 0.15) is 0 Å². The molecule has 0 bridgehead atoms. The molecular weight excluding hydrogens is 268 g/mol. The fraction of sp³-hybridized carbons (Fsp3) is 0.500. The normalized spacial score (nSPS) is 20.9. The van der Waals surface area contributed by atoms with Crippen LogP contribution in [-0.2, 0) is 11.3 Å². The number of rotatable bonds is 4. The summed E-state index contributed by atoms with van der Waals surface area (Å²) in [5, 5.41) is 6.73. The molecule has 1 unspecified atom stereocenters. The molecule has 1 aliphatic heterocycles. The maximum Gasteiger partial charge on any atom is 0.0824 e. The molecule has 0 spiro atoms. The molecule has 2 N–H and O–H groups in total. The van der Waals surface area contributed by atoms with Gasteiger partial charge in [0.2, 0.25) is 0 Å². The van der Waals surface area contributed by atoms with Gasteiger partial charge in [0.15, 0.2) is 0 Å². The molecule has 0 radical (unpaired) electrons. The first-order chi connectivity index (χ1) is 7.84. The minimum absolute atomic E-state index is 0.306. The second-order valence-electron chi connectivity index (χ2n) is 3.96. The Balaban J connectivity index is 1.71. The molecule has 4 heteroatoms. The molecule has 0 amide bonds. The van der Waals surface area contributed by atoms with Crippen molar-refractivity contribution in [1.82, 2.24) is 10.6 Å². The first-order valence-corrected chi connectivity index (χ1v) is 6.41. The summed E-state index contributed by atoms with van der Waals surface area (Å²) in [5.74, 6) is 0. The van der Waals surface area contributed by atoms with Gasteiger partial charge in [-0.2, -0.15) is 0 Å². The number of morpholine rings is 1. The van der Waals surface area contributed by atoms with Crippen molar-refractivity contribution in [3.8, 4) is 0 Å². The van der Waals surface area contributed by atoms with Gasteiger partial charge in [-0.25, -0.2) is 0 Å². The molecule has 16 heavy (non-hydrogen) atoms. The second kappa shape index (κ2) is 6.35. The number of hydrogen-bond acceptors (Lipinski definition) is 3. The number of halogens is 1. The maximum absolute atomic E-state index is 5.61. The monoisotopic (exact) mass is 284 g/mol. The molecule has 1 fully saturated rings. The van der Waals surface area contributed by atoms with Crippen molar-refractivity contribution in [2.24, 2.45) is 0 Å². The zero-order chi connectivity index (χ0) is 11.2. The average molecular weight is 285 g/mol. The minimum Gasteiger partial charge on any atom is -0.374 e. The highest BCUT2D eigenvalue weighted by Gasteiger charge is 2.11. The quantitative estimate of drug-likeness (QED) is 0.880. The first kappa shape index (κ1) is 12.0. The van der Waals surface area contributed by atoms with Gasteiger partial charge in [0.05, 0.1) is 12.7 Å². The summed E-state index contributed by atoms with van der Waals surface area (Å²) in [6.45, 7) is 4.54. The molecule has 1 aromatic carbocycles. The predicted octanol–water partition coefficient (Wildman–Crippen LogP) is 1.53. The van der Waals surface area contributed by atoms with Crippen molar-refractivity contribution in [2.75, 3.05) is 26.2 Å². The van der Waals surface area contributed by atoms with Gasteiger partial charge in [-0.05, 0) is 17.7 Å². The van der Waals surface area contributed by atoms with Crippen LogP contribution in [0.15, 0.2) is 28.7 Å². The average Bonchev–Trinajstić information content (AvgIpc) is 2.30. The summed E-state index contributed by atoms with van der Waals surface area (Å²) in [4.78, 5) is 0. The van der Waals surface area contributed by atoms with Crippen molar-refractivity contribution in [2.45, 2.75) is 12.6 Å². The smallest absolute Gasteiger partial charge is 0.0824 e. The van der Waals surface area contributed by atoms with Gasteiger partial charge < -0.3 is 15.4 Å². The number of ether oxygens (including phenoxy) is 1. The number of benzene rings is 1. The molecule has 0 saturated carbocycles. The van der Waals surface area contributed by atoms with Crippen LogP contribution < -0.4 is 10.6 Å². The molecule has 1 heterocycles. The molecule has 3 nitrogen and oxygen atoms in total. The van der Waals surface area contributed by atoms with Crippen molar-refractivity contribution in [3.63, 3.8) is 0 Å². The van der Waals surface area contributed by atoms with Gasteiger partial charge in [-0.15, -0.1) is 0 Å². The van der Waals surface area contributed by atoms with Crippen molar-refractivity contribution in [1.29, 1.82) is 0 Å². The van der Waals surface area contributed by atoms with E-state index < -0.39 is 0 Å². The molecule has 88 valence electrons. The standard InChI is InChI=1S/C12H17BrN2O/c13-11-3-1-2-10(6-11)7-15-9-12-8-14-4-5-16-12/h1-3,6,12,14-15H,4-5,7-9H2. The van der Waals surface area contributed by atoms with E-state index in [9.17, 15) is 0 Å². The van der Waals surface area contributed by atoms with Crippen LogP contribution in [0.1, 0.15) is 5.56 Å². The Morgan fingerprint density at radius 3 is 3.19 bits per heavy atom. The van der Waals surface area contributed by atoms with Crippen LogP contribution in [0.2, 0.25) is 0 Å². The van der Waals surface area contributed by atoms with Crippen molar-refractivity contribution < 1.29 is 4.74 Å². The number of hydrogen-bond donors (Lipinski definition) is 2. The van der Waals surface area contributed by atoms with Crippen LogP contribution in [0.5, 0.6) is 0 Å². The lowest BCUT2D eigenvalue weighted by Crippen LogP contribution is -2.43. The van der Waals surface area contributed by atoms with Crippen LogP contribution in [0.25, 0.3) is 0 Å². The van der Waals surface area contributed by atoms with Gasteiger partial charge >= 0.3 is 0 Å². The van der Waals surface area contributed by atoms with Crippen LogP contribution in [0, 0.1) is 0 Å². The maximum atomic E-state index is 5.61. The SMILES string of the molecule is Brc1cccc(CNCC2CNCCO2)c1. The molecule has 0 aromatic heterocycles. The van der Waals surface area contributed by atoms with E-state index in [-0.39, 0.29) is 0 Å². The first-order valence-electron chi connectivity index (χ1n) is 5.62. The van der Waals surface area contributed by atoms with E-state index in [1.807, 2.05) is 6.07 Å². The van der Waals surface area contributed by atoms with Gasteiger partial charge in [0.25, 0.3) is 0 Å². The Kier molecular flexibility index (Phi) is 4.78. The Labute approximate surface area is 105 Å². The van der Waals surface area contributed by atoms with Gasteiger partial charge in [0, 0.05) is 30.7 Å². The van der Waals surface area contributed by atoms with E-state index >= 15 is 0 Å². The fourth-order valence-electron chi connectivity index (χ4n) is 1.78. The van der Waals surface area contributed by atoms with E-state index in [1.54, 1.807) is 0 Å². The third-order valence-corrected chi connectivity index (χ3v) is 3.09. The predicted molar refractivity (Wildman–Crippen MR) is 68.5 cm³/mol. The topological polar surface area (TPSA) is 33.3 Å². The molecule has 1 aromatic rings. The Hall–Kier alpha value is -0.420. The van der Waals surface area contributed by atoms with E-state index in [2.05, 4.69) is 44.8 Å². The van der Waals surface area contributed by atoms with Gasteiger partial charge in [-0.1, -0.05) is 28.1 Å². The number of nitrogens with one attached hydrogen (secondary N) is 2. The lowest BCUT2D eigenvalue weighted by molar-refractivity contribution is 0.0290. The highest BCUT2D eigenvalue weighted by Crippen LogP contribution is 2.11. The molecule has 1 saturated heterocycles. The summed E-state index contributed by atoms with van der Waals surface area (Å²) in [6, 6.07) is 8.35. The van der Waals surface area contributed by atoms with Gasteiger partial charge in [-0.3, -0.25) is 0 Å². The molecule has 1 atom stereocenters. The van der Waals surface area contributed by atoms with E-state index in [0.29, 0.717) is 6.10 Å². The van der Waals surface area contributed by atoms with Crippen LogP contribution in [-0.4, -0.2) is 32.3 Å². The van der Waals surface area contributed by atoms with E-state index in [0.717, 1.165) is 37.3 Å². The second-order valence-corrected chi connectivity index (χ2v) is 4.87. The summed E-state index contributed by atoms with van der Waals surface area (Å²) in [5.41, 5.74) is 1.29. The van der Waals surface area contributed by atoms with Crippen molar-refractivity contribution >= 4 is 15.9 Å². The third-order valence-electron chi connectivity index (χ3n) is 2.59. The zero-order valence-electron chi connectivity index (χ0n) is 9.21.